The van der Waals surface area contributed by atoms with Crippen LogP contribution in [0.5, 0.6) is 5.75 Å². The van der Waals surface area contributed by atoms with E-state index in [0.29, 0.717) is 34.2 Å². The quantitative estimate of drug-likeness (QED) is 0.324. The number of nitrogens with zero attached hydrogens (tertiary/aromatic N) is 2. The molecule has 1 saturated heterocycles. The molecule has 0 aliphatic carbocycles. The SMILES string of the molecule is O=C1C(=O)N(Cc2ccncc2)C(c2ccc(Cl)c(Cl)c2)/C1=C(/O)c1ccc2c(c1)CCO2. The number of rotatable bonds is 4. The molecule has 8 heteroatoms. The first-order chi connectivity index (χ1) is 15.9. The number of ether oxygens (including phenoxy) is 1. The van der Waals surface area contributed by atoms with E-state index in [-0.39, 0.29) is 17.9 Å². The highest BCUT2D eigenvalue weighted by Gasteiger charge is 2.46. The summed E-state index contributed by atoms with van der Waals surface area (Å²) in [4.78, 5) is 31.7. The van der Waals surface area contributed by atoms with Crippen molar-refractivity contribution in [1.82, 2.24) is 9.88 Å². The number of fused-ring (bicyclic) bond motifs is 1. The molecule has 3 aromatic rings. The summed E-state index contributed by atoms with van der Waals surface area (Å²) in [5.74, 6) is -0.939. The average Bonchev–Trinajstić information content (AvgIpc) is 3.39. The largest absolute Gasteiger partial charge is 0.507 e. The molecule has 1 aromatic heterocycles. The summed E-state index contributed by atoms with van der Waals surface area (Å²) in [6, 6.07) is 12.9. The highest BCUT2D eigenvalue weighted by molar-refractivity contribution is 6.46. The van der Waals surface area contributed by atoms with Gasteiger partial charge in [-0.05, 0) is 59.2 Å². The van der Waals surface area contributed by atoms with Crippen LogP contribution in [0.2, 0.25) is 10.0 Å². The van der Waals surface area contributed by atoms with Gasteiger partial charge in [0.05, 0.1) is 28.3 Å². The number of ketones is 1. The molecule has 1 N–H and O–H groups in total. The maximum Gasteiger partial charge on any atom is 0.295 e. The number of halogens is 2. The summed E-state index contributed by atoms with van der Waals surface area (Å²) in [6.45, 7) is 0.728. The Morgan fingerprint density at radius 2 is 1.85 bits per heavy atom. The van der Waals surface area contributed by atoms with Crippen LogP contribution in [0.15, 0.2) is 66.5 Å². The topological polar surface area (TPSA) is 79.7 Å². The second-order valence-electron chi connectivity index (χ2n) is 7.88. The number of Topliss-reactive ketones (excluding diaryl/α,β-unsaturated/α-hetero) is 1. The minimum Gasteiger partial charge on any atom is -0.507 e. The van der Waals surface area contributed by atoms with Crippen LogP contribution < -0.4 is 4.74 Å². The van der Waals surface area contributed by atoms with Crippen LogP contribution >= 0.6 is 23.2 Å². The maximum absolute atomic E-state index is 13.2. The van der Waals surface area contributed by atoms with Crippen LogP contribution in [0.3, 0.4) is 0 Å². The van der Waals surface area contributed by atoms with Gasteiger partial charge in [-0.1, -0.05) is 29.3 Å². The van der Waals surface area contributed by atoms with Gasteiger partial charge >= 0.3 is 0 Å². The zero-order chi connectivity index (χ0) is 23.1. The first-order valence-electron chi connectivity index (χ1n) is 10.3. The van der Waals surface area contributed by atoms with E-state index in [0.717, 1.165) is 16.9 Å². The Morgan fingerprint density at radius 3 is 2.61 bits per heavy atom. The molecule has 1 amide bonds. The van der Waals surface area contributed by atoms with Crippen LogP contribution in [-0.4, -0.2) is 33.3 Å². The van der Waals surface area contributed by atoms with Crippen LogP contribution in [0.1, 0.15) is 28.3 Å². The lowest BCUT2D eigenvalue weighted by Crippen LogP contribution is -2.29. The predicted octanol–water partition coefficient (Wildman–Crippen LogP) is 4.95. The van der Waals surface area contributed by atoms with Crippen molar-refractivity contribution in [2.24, 2.45) is 0 Å². The third-order valence-corrected chi connectivity index (χ3v) is 6.60. The summed E-state index contributed by atoms with van der Waals surface area (Å²) in [5, 5.41) is 11.9. The Kier molecular flexibility index (Phi) is 5.56. The molecule has 1 atom stereocenters. The number of aliphatic hydroxyl groups excluding tert-OH is 1. The van der Waals surface area contributed by atoms with Crippen molar-refractivity contribution in [3.05, 3.63) is 98.8 Å². The number of hydrogen-bond donors (Lipinski definition) is 1. The lowest BCUT2D eigenvalue weighted by molar-refractivity contribution is -0.140. The Morgan fingerprint density at radius 1 is 1.06 bits per heavy atom. The van der Waals surface area contributed by atoms with Gasteiger partial charge in [-0.2, -0.15) is 0 Å². The van der Waals surface area contributed by atoms with E-state index in [1.54, 1.807) is 60.9 Å². The second kappa shape index (κ2) is 8.54. The number of carbonyl (C=O) groups is 2. The van der Waals surface area contributed by atoms with Gasteiger partial charge < -0.3 is 14.7 Å². The van der Waals surface area contributed by atoms with Crippen LogP contribution in [0.25, 0.3) is 5.76 Å². The molecule has 2 aliphatic heterocycles. The highest BCUT2D eigenvalue weighted by Crippen LogP contribution is 2.42. The van der Waals surface area contributed by atoms with Gasteiger partial charge in [-0.15, -0.1) is 0 Å². The molecule has 0 radical (unpaired) electrons. The smallest absolute Gasteiger partial charge is 0.295 e. The Bertz CT molecular complexity index is 1310. The Balaban J connectivity index is 1.66. The number of likely N-dealkylation sites (tertiary alicyclic amines) is 1. The van der Waals surface area contributed by atoms with E-state index < -0.39 is 17.7 Å². The number of aromatic nitrogens is 1. The van der Waals surface area contributed by atoms with Crippen molar-refractivity contribution in [3.8, 4) is 5.75 Å². The zero-order valence-electron chi connectivity index (χ0n) is 17.3. The standard InChI is InChI=1S/C25H18Cl2N2O4/c26-18-3-1-16(12-19(18)27)22-21(23(30)17-2-4-20-15(11-17)7-10-33-20)24(31)25(32)29(22)13-14-5-8-28-9-6-14/h1-6,8-9,11-12,22,30H,7,10,13H2/b23-21-. The summed E-state index contributed by atoms with van der Waals surface area (Å²) < 4.78 is 5.54. The fraction of sp³-hybridized carbons (Fsp3) is 0.160. The van der Waals surface area contributed by atoms with Crippen molar-refractivity contribution in [3.63, 3.8) is 0 Å². The lowest BCUT2D eigenvalue weighted by atomic mass is 9.94. The number of amides is 1. The zero-order valence-corrected chi connectivity index (χ0v) is 18.8. The number of benzene rings is 2. The number of pyridine rings is 1. The molecule has 33 heavy (non-hydrogen) atoms. The molecule has 2 aromatic carbocycles. The van der Waals surface area contributed by atoms with Gasteiger partial charge in [0, 0.05) is 30.9 Å². The first kappa shape index (κ1) is 21.5. The predicted molar refractivity (Wildman–Crippen MR) is 124 cm³/mol. The third-order valence-electron chi connectivity index (χ3n) is 5.86. The minimum absolute atomic E-state index is 0.00584. The molecule has 5 rings (SSSR count). The van der Waals surface area contributed by atoms with Crippen molar-refractivity contribution >= 4 is 40.7 Å². The van der Waals surface area contributed by atoms with Crippen LogP contribution in [0.4, 0.5) is 0 Å². The molecule has 1 unspecified atom stereocenters. The summed E-state index contributed by atoms with van der Waals surface area (Å²) in [6.07, 6.45) is 3.95. The molecule has 0 saturated carbocycles. The van der Waals surface area contributed by atoms with E-state index in [9.17, 15) is 14.7 Å². The van der Waals surface area contributed by atoms with E-state index >= 15 is 0 Å². The molecule has 0 spiro atoms. The van der Waals surface area contributed by atoms with E-state index in [4.69, 9.17) is 27.9 Å². The van der Waals surface area contributed by atoms with Gasteiger partial charge in [-0.3, -0.25) is 14.6 Å². The fourth-order valence-electron chi connectivity index (χ4n) is 4.25. The van der Waals surface area contributed by atoms with Gasteiger partial charge in [0.25, 0.3) is 11.7 Å². The molecule has 2 aliphatic rings. The lowest BCUT2D eigenvalue weighted by Gasteiger charge is -2.25. The number of carbonyl (C=O) groups excluding carboxylic acids is 2. The molecule has 1 fully saturated rings. The molecule has 3 heterocycles. The third kappa shape index (κ3) is 3.86. The van der Waals surface area contributed by atoms with E-state index in [1.807, 2.05) is 0 Å². The van der Waals surface area contributed by atoms with Crippen molar-refractivity contribution in [2.75, 3.05) is 6.61 Å². The molecule has 0 bridgehead atoms. The van der Waals surface area contributed by atoms with Gasteiger partial charge in [0.2, 0.25) is 0 Å². The molecular weight excluding hydrogens is 463 g/mol. The highest BCUT2D eigenvalue weighted by atomic mass is 35.5. The van der Waals surface area contributed by atoms with Crippen LogP contribution in [0, 0.1) is 0 Å². The van der Waals surface area contributed by atoms with Crippen molar-refractivity contribution in [2.45, 2.75) is 19.0 Å². The normalized spacial score (nSPS) is 19.0. The Labute approximate surface area is 200 Å². The fourth-order valence-corrected chi connectivity index (χ4v) is 4.55. The Hall–Kier alpha value is -3.35. The first-order valence-corrected chi connectivity index (χ1v) is 11.1. The summed E-state index contributed by atoms with van der Waals surface area (Å²) in [5.41, 5.74) is 2.77. The van der Waals surface area contributed by atoms with E-state index in [2.05, 4.69) is 4.98 Å². The number of hydrogen-bond acceptors (Lipinski definition) is 5. The number of aliphatic hydroxyl groups is 1. The van der Waals surface area contributed by atoms with E-state index in [1.165, 1.54) is 4.90 Å². The van der Waals surface area contributed by atoms with Crippen molar-refractivity contribution < 1.29 is 19.4 Å². The molecular formula is C25H18Cl2N2O4. The van der Waals surface area contributed by atoms with Gasteiger partial charge in [-0.25, -0.2) is 0 Å². The van der Waals surface area contributed by atoms with Crippen LogP contribution in [-0.2, 0) is 22.6 Å². The second-order valence-corrected chi connectivity index (χ2v) is 8.69. The maximum atomic E-state index is 13.2. The summed E-state index contributed by atoms with van der Waals surface area (Å²) in [7, 11) is 0. The molecule has 166 valence electrons. The average molecular weight is 481 g/mol. The van der Waals surface area contributed by atoms with Crippen molar-refractivity contribution in [1.29, 1.82) is 0 Å². The minimum atomic E-state index is -0.836. The summed E-state index contributed by atoms with van der Waals surface area (Å²) >= 11 is 12.4. The monoisotopic (exact) mass is 480 g/mol. The van der Waals surface area contributed by atoms with Gasteiger partial charge in [0.15, 0.2) is 0 Å². The van der Waals surface area contributed by atoms with Gasteiger partial charge in [0.1, 0.15) is 11.5 Å². The molecule has 6 nitrogen and oxygen atoms in total.